The van der Waals surface area contributed by atoms with Crippen molar-refractivity contribution in [1.29, 1.82) is 0 Å². The molecule has 86 valence electrons. The summed E-state index contributed by atoms with van der Waals surface area (Å²) in [5.74, 6) is -0.0216. The quantitative estimate of drug-likeness (QED) is 0.713. The zero-order chi connectivity index (χ0) is 11.8. The fourth-order valence-corrected chi connectivity index (χ4v) is 1.34. The first-order chi connectivity index (χ1) is 7.77. The molecule has 3 heteroatoms. The lowest BCUT2D eigenvalue weighted by atomic mass is 10.1. The van der Waals surface area contributed by atoms with E-state index >= 15 is 0 Å². The van der Waals surface area contributed by atoms with Crippen LogP contribution in [0.1, 0.15) is 22.3 Å². The van der Waals surface area contributed by atoms with Gasteiger partial charge in [-0.15, -0.1) is 0 Å². The first-order valence-electron chi connectivity index (χ1n) is 5.43. The van der Waals surface area contributed by atoms with Gasteiger partial charge in [0.2, 0.25) is 0 Å². The molecule has 0 bridgehead atoms. The Kier molecular flexibility index (Phi) is 5.29. The van der Waals surface area contributed by atoms with Gasteiger partial charge in [0.1, 0.15) is 0 Å². The second kappa shape index (κ2) is 6.80. The zero-order valence-electron chi connectivity index (χ0n) is 9.62. The van der Waals surface area contributed by atoms with Crippen molar-refractivity contribution in [3.63, 3.8) is 0 Å². The standard InChI is InChI=1S/C13H18N2O/c1-3-11-5-7-12(8-6-11)13(16)15-10-4-9-14-2/h3,5-8,14H,1,4,9-10H2,2H3,(H,15,16). The SMILES string of the molecule is C=Cc1ccc(C(=O)NCCCNC)cc1. The van der Waals surface area contributed by atoms with Crippen molar-refractivity contribution < 1.29 is 4.79 Å². The molecular formula is C13H18N2O. The third-order valence-electron chi connectivity index (χ3n) is 2.30. The Hall–Kier alpha value is -1.61. The van der Waals surface area contributed by atoms with Crippen LogP contribution in [-0.2, 0) is 0 Å². The number of hydrogen-bond acceptors (Lipinski definition) is 2. The summed E-state index contributed by atoms with van der Waals surface area (Å²) in [5.41, 5.74) is 1.71. The molecule has 0 aliphatic carbocycles. The summed E-state index contributed by atoms with van der Waals surface area (Å²) >= 11 is 0. The number of carbonyl (C=O) groups is 1. The van der Waals surface area contributed by atoms with Crippen LogP contribution >= 0.6 is 0 Å². The summed E-state index contributed by atoms with van der Waals surface area (Å²) in [6.45, 7) is 5.28. The van der Waals surface area contributed by atoms with E-state index in [2.05, 4.69) is 17.2 Å². The van der Waals surface area contributed by atoms with Crippen LogP contribution in [0.2, 0.25) is 0 Å². The summed E-state index contributed by atoms with van der Waals surface area (Å²) in [4.78, 5) is 11.7. The third-order valence-corrected chi connectivity index (χ3v) is 2.30. The van der Waals surface area contributed by atoms with E-state index in [-0.39, 0.29) is 5.91 Å². The number of nitrogens with one attached hydrogen (secondary N) is 2. The highest BCUT2D eigenvalue weighted by atomic mass is 16.1. The maximum absolute atomic E-state index is 11.7. The van der Waals surface area contributed by atoms with Crippen molar-refractivity contribution >= 4 is 12.0 Å². The van der Waals surface area contributed by atoms with Crippen LogP contribution < -0.4 is 10.6 Å². The molecule has 0 spiro atoms. The van der Waals surface area contributed by atoms with Gasteiger partial charge in [-0.2, -0.15) is 0 Å². The third kappa shape index (κ3) is 3.87. The van der Waals surface area contributed by atoms with Crippen LogP contribution in [0, 0.1) is 0 Å². The molecule has 2 N–H and O–H groups in total. The Morgan fingerprint density at radius 2 is 2.00 bits per heavy atom. The molecule has 1 rings (SSSR count). The molecule has 0 aromatic heterocycles. The lowest BCUT2D eigenvalue weighted by Crippen LogP contribution is -2.26. The van der Waals surface area contributed by atoms with Gasteiger partial charge < -0.3 is 10.6 Å². The fraction of sp³-hybridized carbons (Fsp3) is 0.308. The largest absolute Gasteiger partial charge is 0.352 e. The summed E-state index contributed by atoms with van der Waals surface area (Å²) in [6.07, 6.45) is 2.70. The average Bonchev–Trinajstić information content (AvgIpc) is 2.34. The maximum Gasteiger partial charge on any atom is 0.251 e. The van der Waals surface area contributed by atoms with E-state index in [0.717, 1.165) is 18.5 Å². The van der Waals surface area contributed by atoms with Gasteiger partial charge in [-0.25, -0.2) is 0 Å². The maximum atomic E-state index is 11.7. The molecule has 3 nitrogen and oxygen atoms in total. The molecule has 1 aromatic carbocycles. The van der Waals surface area contributed by atoms with Crippen molar-refractivity contribution in [2.75, 3.05) is 20.1 Å². The second-order valence-corrected chi connectivity index (χ2v) is 3.54. The van der Waals surface area contributed by atoms with Crippen LogP contribution in [0.25, 0.3) is 6.08 Å². The normalized spacial score (nSPS) is 9.81. The number of carbonyl (C=O) groups excluding carboxylic acids is 1. The van der Waals surface area contributed by atoms with Gasteiger partial charge in [-0.1, -0.05) is 24.8 Å². The van der Waals surface area contributed by atoms with Gasteiger partial charge in [-0.3, -0.25) is 4.79 Å². The van der Waals surface area contributed by atoms with Crippen LogP contribution in [-0.4, -0.2) is 26.0 Å². The molecule has 0 unspecified atom stereocenters. The van der Waals surface area contributed by atoms with Crippen molar-refractivity contribution in [3.05, 3.63) is 42.0 Å². The predicted octanol–water partition coefficient (Wildman–Crippen LogP) is 1.67. The summed E-state index contributed by atoms with van der Waals surface area (Å²) in [5, 5.41) is 5.90. The highest BCUT2D eigenvalue weighted by Crippen LogP contribution is 2.05. The molecule has 0 fully saturated rings. The van der Waals surface area contributed by atoms with Crippen LogP contribution in [0.3, 0.4) is 0 Å². The van der Waals surface area contributed by atoms with E-state index in [9.17, 15) is 4.79 Å². The van der Waals surface area contributed by atoms with Gasteiger partial charge in [0.05, 0.1) is 0 Å². The minimum Gasteiger partial charge on any atom is -0.352 e. The van der Waals surface area contributed by atoms with Gasteiger partial charge in [0, 0.05) is 12.1 Å². The predicted molar refractivity (Wildman–Crippen MR) is 67.4 cm³/mol. The molecular weight excluding hydrogens is 200 g/mol. The molecule has 0 atom stereocenters. The van der Waals surface area contributed by atoms with Crippen molar-refractivity contribution in [2.45, 2.75) is 6.42 Å². The molecule has 16 heavy (non-hydrogen) atoms. The molecule has 0 aliphatic rings. The lowest BCUT2D eigenvalue weighted by Gasteiger charge is -2.05. The molecule has 1 aromatic rings. The van der Waals surface area contributed by atoms with E-state index in [1.807, 2.05) is 31.3 Å². The van der Waals surface area contributed by atoms with E-state index in [1.54, 1.807) is 6.08 Å². The molecule has 0 aliphatic heterocycles. The summed E-state index contributed by atoms with van der Waals surface area (Å²) < 4.78 is 0. The minimum absolute atomic E-state index is 0.0216. The summed E-state index contributed by atoms with van der Waals surface area (Å²) in [6, 6.07) is 7.39. The van der Waals surface area contributed by atoms with E-state index < -0.39 is 0 Å². The Balaban J connectivity index is 2.43. The molecule has 0 saturated carbocycles. The molecule has 1 amide bonds. The monoisotopic (exact) mass is 218 g/mol. The highest BCUT2D eigenvalue weighted by Gasteiger charge is 2.03. The van der Waals surface area contributed by atoms with Gasteiger partial charge in [-0.05, 0) is 37.7 Å². The van der Waals surface area contributed by atoms with Gasteiger partial charge >= 0.3 is 0 Å². The number of amides is 1. The first kappa shape index (κ1) is 12.5. The van der Waals surface area contributed by atoms with Crippen LogP contribution in [0.15, 0.2) is 30.8 Å². The Labute approximate surface area is 96.6 Å². The van der Waals surface area contributed by atoms with E-state index in [1.165, 1.54) is 0 Å². The molecule has 0 radical (unpaired) electrons. The number of hydrogen-bond donors (Lipinski definition) is 2. The van der Waals surface area contributed by atoms with Crippen molar-refractivity contribution in [3.8, 4) is 0 Å². The topological polar surface area (TPSA) is 41.1 Å². The van der Waals surface area contributed by atoms with Crippen LogP contribution in [0.5, 0.6) is 0 Å². The van der Waals surface area contributed by atoms with E-state index in [0.29, 0.717) is 12.1 Å². The van der Waals surface area contributed by atoms with Crippen molar-refractivity contribution in [1.82, 2.24) is 10.6 Å². The number of rotatable bonds is 6. The number of benzene rings is 1. The van der Waals surface area contributed by atoms with Gasteiger partial charge in [0.15, 0.2) is 0 Å². The highest BCUT2D eigenvalue weighted by molar-refractivity contribution is 5.94. The smallest absolute Gasteiger partial charge is 0.251 e. The zero-order valence-corrected chi connectivity index (χ0v) is 9.62. The Morgan fingerprint density at radius 3 is 2.56 bits per heavy atom. The minimum atomic E-state index is -0.0216. The second-order valence-electron chi connectivity index (χ2n) is 3.54. The fourth-order valence-electron chi connectivity index (χ4n) is 1.34. The van der Waals surface area contributed by atoms with Crippen molar-refractivity contribution in [2.24, 2.45) is 0 Å². The van der Waals surface area contributed by atoms with E-state index in [4.69, 9.17) is 0 Å². The first-order valence-corrected chi connectivity index (χ1v) is 5.43. The average molecular weight is 218 g/mol. The lowest BCUT2D eigenvalue weighted by molar-refractivity contribution is 0.0953. The van der Waals surface area contributed by atoms with Crippen LogP contribution in [0.4, 0.5) is 0 Å². The van der Waals surface area contributed by atoms with Gasteiger partial charge in [0.25, 0.3) is 5.91 Å². The Bertz CT molecular complexity index is 343. The Morgan fingerprint density at radius 1 is 1.31 bits per heavy atom. The molecule has 0 heterocycles. The summed E-state index contributed by atoms with van der Waals surface area (Å²) in [7, 11) is 1.90. The molecule has 0 saturated heterocycles.